The predicted octanol–water partition coefficient (Wildman–Crippen LogP) is 2.76. The molecule has 12 heteroatoms. The SMILES string of the molecule is CC(=O)Nc1ncc(S(=O)(=O)N2CCN(c3cc(Nc4ccc(C)cc4)nc(C)n3)CC2)s1. The number of amides is 1. The van der Waals surface area contributed by atoms with Gasteiger partial charge in [-0.25, -0.2) is 23.4 Å². The number of carbonyl (C=O) groups is 1. The molecule has 10 nitrogen and oxygen atoms in total. The van der Waals surface area contributed by atoms with Gasteiger partial charge in [0.05, 0.1) is 6.20 Å². The van der Waals surface area contributed by atoms with Crippen molar-refractivity contribution in [3.63, 3.8) is 0 Å². The van der Waals surface area contributed by atoms with E-state index in [0.29, 0.717) is 37.8 Å². The Balaban J connectivity index is 1.44. The van der Waals surface area contributed by atoms with Crippen molar-refractivity contribution in [2.24, 2.45) is 0 Å². The number of benzene rings is 1. The fourth-order valence-electron chi connectivity index (χ4n) is 3.43. The van der Waals surface area contributed by atoms with Gasteiger partial charge in [-0.2, -0.15) is 4.31 Å². The van der Waals surface area contributed by atoms with E-state index in [2.05, 4.69) is 30.5 Å². The summed E-state index contributed by atoms with van der Waals surface area (Å²) in [6.45, 7) is 6.85. The predicted molar refractivity (Wildman–Crippen MR) is 129 cm³/mol. The van der Waals surface area contributed by atoms with Crippen LogP contribution in [0.4, 0.5) is 22.5 Å². The number of aromatic nitrogens is 3. The van der Waals surface area contributed by atoms with Crippen LogP contribution in [0.3, 0.4) is 0 Å². The van der Waals surface area contributed by atoms with Crippen LogP contribution in [0.15, 0.2) is 40.7 Å². The average molecular weight is 488 g/mol. The largest absolute Gasteiger partial charge is 0.354 e. The van der Waals surface area contributed by atoms with Gasteiger partial charge in [0.25, 0.3) is 10.0 Å². The summed E-state index contributed by atoms with van der Waals surface area (Å²) in [5.41, 5.74) is 2.11. The summed E-state index contributed by atoms with van der Waals surface area (Å²) in [7, 11) is -3.68. The molecule has 174 valence electrons. The highest BCUT2D eigenvalue weighted by Gasteiger charge is 2.31. The second-order valence-electron chi connectivity index (χ2n) is 7.71. The first-order chi connectivity index (χ1) is 15.7. The molecular weight excluding hydrogens is 462 g/mol. The molecule has 3 heterocycles. The number of hydrogen-bond acceptors (Lipinski definition) is 9. The van der Waals surface area contributed by atoms with Crippen molar-refractivity contribution in [1.29, 1.82) is 0 Å². The van der Waals surface area contributed by atoms with Gasteiger partial charge >= 0.3 is 0 Å². The number of sulfonamides is 1. The summed E-state index contributed by atoms with van der Waals surface area (Å²) < 4.78 is 27.5. The van der Waals surface area contributed by atoms with Gasteiger partial charge in [0.15, 0.2) is 9.34 Å². The van der Waals surface area contributed by atoms with Crippen LogP contribution in [0, 0.1) is 13.8 Å². The van der Waals surface area contributed by atoms with Crippen LogP contribution in [0.2, 0.25) is 0 Å². The van der Waals surface area contributed by atoms with Crippen LogP contribution in [-0.2, 0) is 14.8 Å². The van der Waals surface area contributed by atoms with E-state index >= 15 is 0 Å². The Morgan fingerprint density at radius 3 is 2.42 bits per heavy atom. The molecule has 0 radical (unpaired) electrons. The molecule has 1 aromatic carbocycles. The molecule has 0 bridgehead atoms. The second kappa shape index (κ2) is 9.41. The third-order valence-electron chi connectivity index (χ3n) is 5.07. The van der Waals surface area contributed by atoms with Crippen molar-refractivity contribution >= 4 is 49.7 Å². The van der Waals surface area contributed by atoms with E-state index in [9.17, 15) is 13.2 Å². The molecule has 1 saturated heterocycles. The number of carbonyl (C=O) groups excluding carboxylic acids is 1. The van der Waals surface area contributed by atoms with Gasteiger partial charge in [-0.05, 0) is 26.0 Å². The Morgan fingerprint density at radius 2 is 1.76 bits per heavy atom. The molecule has 33 heavy (non-hydrogen) atoms. The minimum absolute atomic E-state index is 0.113. The summed E-state index contributed by atoms with van der Waals surface area (Å²) in [6, 6.07) is 9.91. The van der Waals surface area contributed by atoms with Crippen LogP contribution >= 0.6 is 11.3 Å². The van der Waals surface area contributed by atoms with Gasteiger partial charge < -0.3 is 15.5 Å². The van der Waals surface area contributed by atoms with Gasteiger partial charge in [-0.15, -0.1) is 0 Å². The Labute approximate surface area is 196 Å². The fraction of sp³-hybridized carbons (Fsp3) is 0.333. The van der Waals surface area contributed by atoms with Crippen LogP contribution in [0.5, 0.6) is 0 Å². The second-order valence-corrected chi connectivity index (χ2v) is 10.9. The molecule has 4 rings (SSSR count). The molecule has 1 aliphatic rings. The van der Waals surface area contributed by atoms with Gasteiger partial charge in [-0.3, -0.25) is 4.79 Å². The van der Waals surface area contributed by atoms with E-state index in [1.54, 1.807) is 0 Å². The minimum atomic E-state index is -3.68. The topological polar surface area (TPSA) is 120 Å². The van der Waals surface area contributed by atoms with Crippen molar-refractivity contribution in [3.8, 4) is 0 Å². The molecule has 1 aliphatic heterocycles. The zero-order valence-electron chi connectivity index (χ0n) is 18.6. The highest BCUT2D eigenvalue weighted by molar-refractivity contribution is 7.91. The number of anilines is 4. The summed E-state index contributed by atoms with van der Waals surface area (Å²) in [6.07, 6.45) is 1.29. The molecule has 1 amide bonds. The van der Waals surface area contributed by atoms with E-state index in [4.69, 9.17) is 0 Å². The van der Waals surface area contributed by atoms with Crippen LogP contribution in [0.25, 0.3) is 0 Å². The van der Waals surface area contributed by atoms with E-state index in [-0.39, 0.29) is 15.2 Å². The first-order valence-corrected chi connectivity index (χ1v) is 12.6. The molecular formula is C21H25N7O3S2. The Bertz CT molecular complexity index is 1250. The van der Waals surface area contributed by atoms with Crippen molar-refractivity contribution in [3.05, 3.63) is 47.9 Å². The van der Waals surface area contributed by atoms with E-state index in [1.807, 2.05) is 44.2 Å². The quantitative estimate of drug-likeness (QED) is 0.545. The number of hydrogen-bond donors (Lipinski definition) is 2. The smallest absolute Gasteiger partial charge is 0.254 e. The van der Waals surface area contributed by atoms with Crippen molar-refractivity contribution in [2.45, 2.75) is 25.0 Å². The minimum Gasteiger partial charge on any atom is -0.354 e. The monoisotopic (exact) mass is 487 g/mol. The number of rotatable bonds is 6. The fourth-order valence-corrected chi connectivity index (χ4v) is 6.09. The van der Waals surface area contributed by atoms with Crippen LogP contribution < -0.4 is 15.5 Å². The summed E-state index contributed by atoms with van der Waals surface area (Å²) in [5, 5.41) is 6.09. The zero-order valence-corrected chi connectivity index (χ0v) is 20.2. The normalized spacial score (nSPS) is 14.8. The maximum absolute atomic E-state index is 13.0. The van der Waals surface area contributed by atoms with Gasteiger partial charge in [0.1, 0.15) is 17.5 Å². The summed E-state index contributed by atoms with van der Waals surface area (Å²) in [5.74, 6) is 1.78. The molecule has 2 N–H and O–H groups in total. The Morgan fingerprint density at radius 1 is 1.06 bits per heavy atom. The first-order valence-electron chi connectivity index (χ1n) is 10.4. The summed E-state index contributed by atoms with van der Waals surface area (Å²) >= 11 is 0.949. The molecule has 0 spiro atoms. The third kappa shape index (κ3) is 5.46. The number of nitrogens with one attached hydrogen (secondary N) is 2. The Kier molecular flexibility index (Phi) is 6.58. The molecule has 2 aromatic heterocycles. The van der Waals surface area contributed by atoms with E-state index in [1.165, 1.54) is 23.0 Å². The van der Waals surface area contributed by atoms with Gasteiger partial charge in [0, 0.05) is 44.9 Å². The highest BCUT2D eigenvalue weighted by atomic mass is 32.2. The number of aryl methyl sites for hydroxylation is 2. The molecule has 1 fully saturated rings. The number of thiazole rings is 1. The van der Waals surface area contributed by atoms with Crippen LogP contribution in [0.1, 0.15) is 18.3 Å². The molecule has 0 aliphatic carbocycles. The van der Waals surface area contributed by atoms with Crippen LogP contribution in [-0.4, -0.2) is 59.8 Å². The highest BCUT2D eigenvalue weighted by Crippen LogP contribution is 2.28. The standard InChI is InChI=1S/C21H25N7O3S2/c1-14-4-6-17(7-5-14)26-18-12-19(24-15(2)23-18)27-8-10-28(11-9-27)33(30,31)20-13-22-21(32-20)25-16(3)29/h4-7,12-13H,8-11H2,1-3H3,(H,22,25,29)(H,23,24,26). The van der Waals surface area contributed by atoms with E-state index in [0.717, 1.165) is 22.8 Å². The average Bonchev–Trinajstić information content (AvgIpc) is 3.24. The summed E-state index contributed by atoms with van der Waals surface area (Å²) in [4.78, 5) is 26.2. The van der Waals surface area contributed by atoms with Crippen molar-refractivity contribution in [1.82, 2.24) is 19.3 Å². The van der Waals surface area contributed by atoms with Crippen molar-refractivity contribution < 1.29 is 13.2 Å². The van der Waals surface area contributed by atoms with Gasteiger partial charge in [-0.1, -0.05) is 29.0 Å². The number of piperazine rings is 1. The zero-order chi connectivity index (χ0) is 23.6. The molecule has 3 aromatic rings. The lowest BCUT2D eigenvalue weighted by Gasteiger charge is -2.34. The maximum atomic E-state index is 13.0. The molecule has 0 unspecified atom stereocenters. The lowest BCUT2D eigenvalue weighted by atomic mass is 10.2. The van der Waals surface area contributed by atoms with Gasteiger partial charge in [0.2, 0.25) is 5.91 Å². The lowest BCUT2D eigenvalue weighted by Crippen LogP contribution is -2.48. The number of nitrogens with zero attached hydrogens (tertiary/aromatic N) is 5. The lowest BCUT2D eigenvalue weighted by molar-refractivity contribution is -0.114. The molecule has 0 saturated carbocycles. The third-order valence-corrected chi connectivity index (χ3v) is 8.32. The van der Waals surface area contributed by atoms with E-state index < -0.39 is 10.0 Å². The first kappa shape index (κ1) is 23.1. The maximum Gasteiger partial charge on any atom is 0.254 e. The Hall–Kier alpha value is -3.09. The van der Waals surface area contributed by atoms with Crippen molar-refractivity contribution in [2.75, 3.05) is 41.7 Å². The molecule has 0 atom stereocenters.